The van der Waals surface area contributed by atoms with Gasteiger partial charge in [0.25, 0.3) is 0 Å². The van der Waals surface area contributed by atoms with Gasteiger partial charge in [-0.05, 0) is 19.3 Å². The average Bonchev–Trinajstić information content (AvgIpc) is 2.34. The van der Waals surface area contributed by atoms with Crippen molar-refractivity contribution in [1.29, 1.82) is 0 Å². The van der Waals surface area contributed by atoms with E-state index in [0.29, 0.717) is 19.3 Å². The first-order valence-electron chi connectivity index (χ1n) is 3.94. The zero-order chi connectivity index (χ0) is 10.1. The van der Waals surface area contributed by atoms with Crippen molar-refractivity contribution in [3.63, 3.8) is 0 Å². The maximum Gasteiger partial charge on any atom is 0.490 e. The highest BCUT2D eigenvalue weighted by molar-refractivity contribution is 5.75. The maximum absolute atomic E-state index is 11.7. The van der Waals surface area contributed by atoms with Crippen LogP contribution in [-0.4, -0.2) is 24.3 Å². The normalized spacial score (nSPS) is 28.9. The Morgan fingerprint density at radius 1 is 1.38 bits per heavy atom. The third-order valence-corrected chi connectivity index (χ3v) is 1.99. The molecule has 0 bridgehead atoms. The molecule has 0 aliphatic heterocycles. The van der Waals surface area contributed by atoms with Crippen LogP contribution in [0, 0.1) is 0 Å². The van der Waals surface area contributed by atoms with Crippen LogP contribution in [0.3, 0.4) is 0 Å². The predicted molar refractivity (Wildman–Crippen MR) is 37.8 cm³/mol. The zero-order valence-corrected chi connectivity index (χ0v) is 6.80. The summed E-state index contributed by atoms with van der Waals surface area (Å²) in [6.07, 6.45) is -3.95. The van der Waals surface area contributed by atoms with E-state index in [4.69, 9.17) is 5.73 Å². The van der Waals surface area contributed by atoms with Gasteiger partial charge in [-0.25, -0.2) is 4.79 Å². The van der Waals surface area contributed by atoms with Crippen LogP contribution in [0.15, 0.2) is 0 Å². The molecular formula is C7H10F3NO2. The van der Waals surface area contributed by atoms with Gasteiger partial charge in [0.2, 0.25) is 0 Å². The fourth-order valence-electron chi connectivity index (χ4n) is 1.31. The van der Waals surface area contributed by atoms with Crippen molar-refractivity contribution in [1.82, 2.24) is 0 Å². The number of alkyl halides is 3. The molecule has 1 rings (SSSR count). The van der Waals surface area contributed by atoms with Crippen LogP contribution in [0.1, 0.15) is 19.3 Å². The molecule has 1 aliphatic rings. The first-order chi connectivity index (χ1) is 5.91. The van der Waals surface area contributed by atoms with E-state index in [0.717, 1.165) is 0 Å². The molecule has 2 N–H and O–H groups in total. The summed E-state index contributed by atoms with van der Waals surface area (Å²) >= 11 is 0. The number of ether oxygens (including phenoxy) is 1. The summed E-state index contributed by atoms with van der Waals surface area (Å²) in [6.45, 7) is 0. The Morgan fingerprint density at radius 2 is 2.00 bits per heavy atom. The van der Waals surface area contributed by atoms with Crippen LogP contribution in [0.5, 0.6) is 0 Å². The summed E-state index contributed by atoms with van der Waals surface area (Å²) in [5.74, 6) is -2.14. The lowest BCUT2D eigenvalue weighted by molar-refractivity contribution is -0.205. The van der Waals surface area contributed by atoms with E-state index in [1.165, 1.54) is 0 Å². The molecule has 0 aromatic rings. The smallest absolute Gasteiger partial charge is 0.454 e. The number of hydrogen-bond donors (Lipinski definition) is 1. The quantitative estimate of drug-likeness (QED) is 0.637. The summed E-state index contributed by atoms with van der Waals surface area (Å²) in [5.41, 5.74) is 5.43. The Kier molecular flexibility index (Phi) is 2.80. The van der Waals surface area contributed by atoms with Crippen molar-refractivity contribution in [3.05, 3.63) is 0 Å². The van der Waals surface area contributed by atoms with E-state index < -0.39 is 24.3 Å². The molecule has 2 unspecified atom stereocenters. The molecule has 76 valence electrons. The van der Waals surface area contributed by atoms with Gasteiger partial charge < -0.3 is 10.5 Å². The second kappa shape index (κ2) is 3.53. The minimum absolute atomic E-state index is 0.420. The van der Waals surface area contributed by atoms with Gasteiger partial charge in [-0.1, -0.05) is 0 Å². The van der Waals surface area contributed by atoms with Crippen LogP contribution >= 0.6 is 0 Å². The van der Waals surface area contributed by atoms with E-state index in [1.807, 2.05) is 0 Å². The van der Waals surface area contributed by atoms with E-state index in [-0.39, 0.29) is 0 Å². The zero-order valence-electron chi connectivity index (χ0n) is 6.80. The fraction of sp³-hybridized carbons (Fsp3) is 0.857. The van der Waals surface area contributed by atoms with Crippen LogP contribution in [0.4, 0.5) is 13.2 Å². The lowest BCUT2D eigenvalue weighted by atomic mass is 10.2. The largest absolute Gasteiger partial charge is 0.490 e. The average molecular weight is 197 g/mol. The minimum Gasteiger partial charge on any atom is -0.454 e. The summed E-state index contributed by atoms with van der Waals surface area (Å²) in [5, 5.41) is 0. The van der Waals surface area contributed by atoms with Gasteiger partial charge in [-0.15, -0.1) is 0 Å². The molecule has 0 radical (unpaired) electrons. The number of hydrogen-bond acceptors (Lipinski definition) is 3. The molecule has 13 heavy (non-hydrogen) atoms. The highest BCUT2D eigenvalue weighted by Crippen LogP contribution is 2.24. The van der Waals surface area contributed by atoms with Crippen molar-refractivity contribution in [2.75, 3.05) is 0 Å². The van der Waals surface area contributed by atoms with Crippen LogP contribution in [0.2, 0.25) is 0 Å². The predicted octanol–water partition coefficient (Wildman–Crippen LogP) is 0.972. The fourth-order valence-corrected chi connectivity index (χ4v) is 1.31. The van der Waals surface area contributed by atoms with E-state index in [1.54, 1.807) is 0 Å². The molecule has 0 saturated heterocycles. The molecule has 6 heteroatoms. The molecule has 0 heterocycles. The highest BCUT2D eigenvalue weighted by Gasteiger charge is 2.43. The second-order valence-corrected chi connectivity index (χ2v) is 3.04. The van der Waals surface area contributed by atoms with Gasteiger partial charge >= 0.3 is 12.1 Å². The minimum atomic E-state index is -4.91. The molecule has 3 nitrogen and oxygen atoms in total. The molecule has 0 amide bonds. The van der Waals surface area contributed by atoms with Crippen molar-refractivity contribution in [3.8, 4) is 0 Å². The van der Waals surface area contributed by atoms with Gasteiger partial charge in [0.15, 0.2) is 0 Å². The number of rotatable bonds is 1. The monoisotopic (exact) mass is 197 g/mol. The van der Waals surface area contributed by atoms with Gasteiger partial charge in [0.1, 0.15) is 6.10 Å². The Labute approximate surface area is 73.0 Å². The molecule has 1 fully saturated rings. The third-order valence-electron chi connectivity index (χ3n) is 1.99. The number of halogens is 3. The first kappa shape index (κ1) is 10.3. The Bertz CT molecular complexity index is 204. The molecule has 1 aliphatic carbocycles. The van der Waals surface area contributed by atoms with Gasteiger partial charge in [-0.2, -0.15) is 13.2 Å². The Morgan fingerprint density at radius 3 is 2.38 bits per heavy atom. The summed E-state index contributed by atoms with van der Waals surface area (Å²) in [6, 6.07) is -0.452. The van der Waals surface area contributed by atoms with Crippen molar-refractivity contribution in [2.24, 2.45) is 5.73 Å². The Hall–Kier alpha value is -0.780. The molecule has 0 spiro atoms. The highest BCUT2D eigenvalue weighted by atomic mass is 19.4. The van der Waals surface area contributed by atoms with Gasteiger partial charge in [-0.3, -0.25) is 0 Å². The standard InChI is InChI=1S/C7H10F3NO2/c8-7(9,10)6(12)13-5-3-1-2-4(5)11/h4-5H,1-3,11H2. The van der Waals surface area contributed by atoms with Crippen LogP contribution < -0.4 is 5.73 Å². The summed E-state index contributed by atoms with van der Waals surface area (Å²) < 4.78 is 39.3. The molecule has 0 aromatic carbocycles. The molecule has 0 aromatic heterocycles. The van der Waals surface area contributed by atoms with Gasteiger partial charge in [0.05, 0.1) is 0 Å². The van der Waals surface area contributed by atoms with Crippen molar-refractivity contribution in [2.45, 2.75) is 37.6 Å². The number of carbonyl (C=O) groups is 1. The van der Waals surface area contributed by atoms with Crippen molar-refractivity contribution >= 4 is 5.97 Å². The molecular weight excluding hydrogens is 187 g/mol. The van der Waals surface area contributed by atoms with E-state index in [9.17, 15) is 18.0 Å². The Balaban J connectivity index is 2.45. The second-order valence-electron chi connectivity index (χ2n) is 3.04. The lowest BCUT2D eigenvalue weighted by Crippen LogP contribution is -2.37. The molecule has 2 atom stereocenters. The summed E-state index contributed by atoms with van der Waals surface area (Å²) in [7, 11) is 0. The van der Waals surface area contributed by atoms with Crippen LogP contribution in [0.25, 0.3) is 0 Å². The molecule has 1 saturated carbocycles. The SMILES string of the molecule is NC1CCCC1OC(=O)C(F)(F)F. The van der Waals surface area contributed by atoms with Crippen molar-refractivity contribution < 1.29 is 22.7 Å². The van der Waals surface area contributed by atoms with Crippen LogP contribution in [-0.2, 0) is 9.53 Å². The first-order valence-corrected chi connectivity index (χ1v) is 3.94. The number of esters is 1. The summed E-state index contributed by atoms with van der Waals surface area (Å²) in [4.78, 5) is 10.4. The lowest BCUT2D eigenvalue weighted by Gasteiger charge is -2.16. The topological polar surface area (TPSA) is 52.3 Å². The van der Waals surface area contributed by atoms with Gasteiger partial charge in [0, 0.05) is 6.04 Å². The number of nitrogens with two attached hydrogens (primary N) is 1. The maximum atomic E-state index is 11.7. The van der Waals surface area contributed by atoms with E-state index in [2.05, 4.69) is 4.74 Å². The van der Waals surface area contributed by atoms with E-state index >= 15 is 0 Å². The number of carbonyl (C=O) groups excluding carboxylic acids is 1. The third kappa shape index (κ3) is 2.58.